The summed E-state index contributed by atoms with van der Waals surface area (Å²) in [5.41, 5.74) is 2.43. The van der Waals surface area contributed by atoms with Crippen LogP contribution in [0.4, 0.5) is 20.2 Å². The number of fused-ring (bicyclic) bond motifs is 5. The first-order valence-corrected chi connectivity index (χ1v) is 14.5. The molecular weight excluding hydrogens is 556 g/mol. The number of aromatic carboxylic acids is 1. The van der Waals surface area contributed by atoms with Gasteiger partial charge in [-0.15, -0.1) is 0 Å². The van der Waals surface area contributed by atoms with Crippen molar-refractivity contribution < 1.29 is 18.7 Å². The van der Waals surface area contributed by atoms with Crippen LogP contribution in [0.3, 0.4) is 0 Å². The Hall–Kier alpha value is -4.58. The van der Waals surface area contributed by atoms with E-state index >= 15 is 4.39 Å². The Morgan fingerprint density at radius 3 is 2.67 bits per heavy atom. The van der Waals surface area contributed by atoms with Crippen LogP contribution in [0.1, 0.15) is 29.6 Å². The molecule has 3 fully saturated rings. The van der Waals surface area contributed by atoms with Crippen molar-refractivity contribution in [2.45, 2.75) is 31.3 Å². The summed E-state index contributed by atoms with van der Waals surface area (Å²) in [6.45, 7) is 2.55. The van der Waals surface area contributed by atoms with E-state index in [1.165, 1.54) is 23.6 Å². The molecular formula is C31H29F2N7O3. The van der Waals surface area contributed by atoms with Gasteiger partial charge in [0, 0.05) is 75.1 Å². The standard InChI is InChI=1S/C31H29F2N7O3/c1-34-21-8-20(32)25(33)23-24-27(39-11-14-5-6-40(16-3-4-16)22(14)13-39)18(10-35-29(24)37-26(21)23)15-7-17-28(41)19(31(42)43)12-38(2)30(17)36-9-15/h7-10,12,14,16,22,34H,3-6,11,13H2,1-2H3,(H,35,37)(H,42,43)/t14?,22-/m0/s1. The first-order chi connectivity index (χ1) is 20.7. The summed E-state index contributed by atoms with van der Waals surface area (Å²) in [6, 6.07) is 3.74. The summed E-state index contributed by atoms with van der Waals surface area (Å²) in [7, 11) is 3.29. The third kappa shape index (κ3) is 3.78. The van der Waals surface area contributed by atoms with Gasteiger partial charge < -0.3 is 24.9 Å². The van der Waals surface area contributed by atoms with Crippen LogP contribution >= 0.6 is 0 Å². The molecule has 43 heavy (non-hydrogen) atoms. The van der Waals surface area contributed by atoms with Gasteiger partial charge >= 0.3 is 5.97 Å². The summed E-state index contributed by atoms with van der Waals surface area (Å²) in [5.74, 6) is -2.81. The number of carbonyl (C=O) groups is 1. The van der Waals surface area contributed by atoms with Gasteiger partial charge in [-0.1, -0.05) is 0 Å². The van der Waals surface area contributed by atoms with Gasteiger partial charge in [-0.2, -0.15) is 0 Å². The molecule has 0 spiro atoms. The number of hydrogen-bond acceptors (Lipinski definition) is 7. The summed E-state index contributed by atoms with van der Waals surface area (Å²) >= 11 is 0. The molecule has 3 N–H and O–H groups in total. The Bertz CT molecular complexity index is 2070. The number of benzene rings is 1. The number of likely N-dealkylation sites (tertiary alicyclic amines) is 1. The highest BCUT2D eigenvalue weighted by molar-refractivity contribution is 6.18. The van der Waals surface area contributed by atoms with Crippen molar-refractivity contribution in [2.75, 3.05) is 36.9 Å². The van der Waals surface area contributed by atoms with Crippen LogP contribution in [0.2, 0.25) is 0 Å². The lowest BCUT2D eigenvalue weighted by atomic mass is 10.0. The lowest BCUT2D eigenvalue weighted by Crippen LogP contribution is -2.36. The molecule has 6 heterocycles. The van der Waals surface area contributed by atoms with E-state index < -0.39 is 23.0 Å². The van der Waals surface area contributed by atoms with Gasteiger partial charge in [-0.3, -0.25) is 9.69 Å². The molecule has 1 aliphatic carbocycles. The Kier molecular flexibility index (Phi) is 5.58. The number of nitrogens with one attached hydrogen (secondary N) is 2. The molecule has 5 aromatic rings. The minimum absolute atomic E-state index is 0.109. The van der Waals surface area contributed by atoms with E-state index in [-0.39, 0.29) is 16.3 Å². The molecule has 2 aliphatic heterocycles. The number of anilines is 2. The molecule has 3 aliphatic rings. The number of aromatic amines is 1. The number of carboxylic acids is 1. The predicted octanol–water partition coefficient (Wildman–Crippen LogP) is 4.32. The molecule has 2 atom stereocenters. The molecule has 12 heteroatoms. The largest absolute Gasteiger partial charge is 0.477 e. The number of carboxylic acid groups (broad SMARTS) is 1. The number of aryl methyl sites for hydroxylation is 1. The van der Waals surface area contributed by atoms with Crippen molar-refractivity contribution in [3.05, 3.63) is 58.1 Å². The number of nitrogens with zero attached hydrogens (tertiary/aromatic N) is 5. The molecule has 10 nitrogen and oxygen atoms in total. The van der Waals surface area contributed by atoms with Gasteiger partial charge in [0.15, 0.2) is 11.6 Å². The molecule has 220 valence electrons. The zero-order valence-corrected chi connectivity index (χ0v) is 23.6. The van der Waals surface area contributed by atoms with Crippen LogP contribution in [0, 0.1) is 17.6 Å². The first kappa shape index (κ1) is 26.1. The number of pyridine rings is 3. The highest BCUT2D eigenvalue weighted by Crippen LogP contribution is 2.47. The predicted molar refractivity (Wildman–Crippen MR) is 160 cm³/mol. The SMILES string of the molecule is CNc1cc(F)c(F)c2c1[nH]c1ncc(-c3cnc4c(c3)c(=O)c(C(=O)O)cn4C)c(N3CC4CCN(C5CC5)[C@H]4C3)c12. The second-order valence-electron chi connectivity index (χ2n) is 12.0. The van der Waals surface area contributed by atoms with E-state index in [2.05, 4.69) is 30.1 Å². The minimum atomic E-state index is -1.32. The van der Waals surface area contributed by atoms with Gasteiger partial charge in [-0.05, 0) is 37.8 Å². The van der Waals surface area contributed by atoms with E-state index in [1.54, 1.807) is 32.6 Å². The van der Waals surface area contributed by atoms with Gasteiger partial charge in [0.1, 0.15) is 16.9 Å². The number of aromatic nitrogens is 4. The Morgan fingerprint density at radius 1 is 1.12 bits per heavy atom. The maximum absolute atomic E-state index is 15.7. The highest BCUT2D eigenvalue weighted by atomic mass is 19.2. The van der Waals surface area contributed by atoms with E-state index in [0.29, 0.717) is 62.7 Å². The summed E-state index contributed by atoms with van der Waals surface area (Å²) in [5, 5.41) is 13.3. The molecule has 1 unspecified atom stereocenters. The van der Waals surface area contributed by atoms with Crippen molar-refractivity contribution in [1.82, 2.24) is 24.4 Å². The summed E-state index contributed by atoms with van der Waals surface area (Å²) in [6.07, 6.45) is 8.05. The molecule has 4 aromatic heterocycles. The van der Waals surface area contributed by atoms with E-state index in [1.807, 2.05) is 0 Å². The van der Waals surface area contributed by atoms with Crippen molar-refractivity contribution >= 4 is 50.3 Å². The van der Waals surface area contributed by atoms with E-state index in [9.17, 15) is 19.1 Å². The van der Waals surface area contributed by atoms with Gasteiger partial charge in [-0.25, -0.2) is 23.5 Å². The molecule has 1 aromatic carbocycles. The van der Waals surface area contributed by atoms with Crippen LogP contribution in [-0.2, 0) is 7.05 Å². The highest BCUT2D eigenvalue weighted by Gasteiger charge is 2.47. The lowest BCUT2D eigenvalue weighted by Gasteiger charge is -2.27. The van der Waals surface area contributed by atoms with Crippen LogP contribution in [-0.4, -0.2) is 74.3 Å². The lowest BCUT2D eigenvalue weighted by molar-refractivity contribution is 0.0695. The number of hydrogen-bond donors (Lipinski definition) is 3. The van der Waals surface area contributed by atoms with E-state index in [0.717, 1.165) is 32.1 Å². The summed E-state index contributed by atoms with van der Waals surface area (Å²) in [4.78, 5) is 42.3. The number of H-pyrrole nitrogens is 1. The average molecular weight is 586 g/mol. The number of rotatable bonds is 5. The molecule has 8 rings (SSSR count). The van der Waals surface area contributed by atoms with Crippen LogP contribution in [0.15, 0.2) is 35.5 Å². The Labute approximate surface area is 243 Å². The first-order valence-electron chi connectivity index (χ1n) is 14.5. The normalized spacial score (nSPS) is 20.5. The fraction of sp³-hybridized carbons (Fsp3) is 0.355. The van der Waals surface area contributed by atoms with Gasteiger partial charge in [0.2, 0.25) is 5.43 Å². The zero-order chi connectivity index (χ0) is 29.7. The van der Waals surface area contributed by atoms with Crippen LogP contribution < -0.4 is 15.6 Å². The molecule has 0 radical (unpaired) electrons. The Morgan fingerprint density at radius 2 is 1.93 bits per heavy atom. The Balaban J connectivity index is 1.40. The maximum Gasteiger partial charge on any atom is 0.341 e. The minimum Gasteiger partial charge on any atom is -0.477 e. The maximum atomic E-state index is 15.7. The van der Waals surface area contributed by atoms with Crippen molar-refractivity contribution in [3.63, 3.8) is 0 Å². The number of halogens is 2. The fourth-order valence-electron chi connectivity index (χ4n) is 7.38. The van der Waals surface area contributed by atoms with Crippen LogP contribution in [0.5, 0.6) is 0 Å². The fourth-order valence-corrected chi connectivity index (χ4v) is 7.38. The molecule has 2 saturated heterocycles. The van der Waals surface area contributed by atoms with Crippen molar-refractivity contribution in [3.8, 4) is 11.1 Å². The van der Waals surface area contributed by atoms with Gasteiger partial charge in [0.05, 0.1) is 33.1 Å². The molecule has 1 saturated carbocycles. The second kappa shape index (κ2) is 9.21. The van der Waals surface area contributed by atoms with Crippen LogP contribution in [0.25, 0.3) is 44.1 Å². The smallest absolute Gasteiger partial charge is 0.341 e. The monoisotopic (exact) mass is 585 g/mol. The van der Waals surface area contributed by atoms with E-state index in [4.69, 9.17) is 0 Å². The van der Waals surface area contributed by atoms with Crippen molar-refractivity contribution in [2.24, 2.45) is 13.0 Å². The zero-order valence-electron chi connectivity index (χ0n) is 23.6. The average Bonchev–Trinajstić information content (AvgIpc) is 3.45. The third-order valence-electron chi connectivity index (χ3n) is 9.51. The third-order valence-corrected chi connectivity index (χ3v) is 9.51. The quantitative estimate of drug-likeness (QED) is 0.279. The molecule has 0 bridgehead atoms. The topological polar surface area (TPSA) is 119 Å². The molecule has 0 amide bonds. The van der Waals surface area contributed by atoms with Gasteiger partial charge in [0.25, 0.3) is 0 Å². The van der Waals surface area contributed by atoms with Crippen molar-refractivity contribution in [1.29, 1.82) is 0 Å². The summed E-state index contributed by atoms with van der Waals surface area (Å²) < 4.78 is 32.2. The second-order valence-corrected chi connectivity index (χ2v) is 12.0.